The highest BCUT2D eigenvalue weighted by molar-refractivity contribution is 5.20. The van der Waals surface area contributed by atoms with E-state index in [0.717, 1.165) is 11.8 Å². The van der Waals surface area contributed by atoms with Crippen molar-refractivity contribution in [2.24, 2.45) is 0 Å². The van der Waals surface area contributed by atoms with Crippen LogP contribution in [-0.2, 0) is 13.1 Å². The van der Waals surface area contributed by atoms with Crippen LogP contribution < -0.4 is 5.32 Å². The van der Waals surface area contributed by atoms with Crippen molar-refractivity contribution in [3.8, 4) is 0 Å². The van der Waals surface area contributed by atoms with Crippen LogP contribution in [0, 0.1) is 24.4 Å². The Hall–Kier alpha value is -1.82. The molecule has 1 N–H and O–H groups in total. The van der Waals surface area contributed by atoms with E-state index < -0.39 is 17.5 Å². The van der Waals surface area contributed by atoms with E-state index in [1.54, 1.807) is 13.0 Å². The molecule has 3 nitrogen and oxygen atoms in total. The third kappa shape index (κ3) is 2.89. The lowest BCUT2D eigenvalue weighted by Gasteiger charge is -2.05. The Morgan fingerprint density at radius 1 is 1.06 bits per heavy atom. The van der Waals surface area contributed by atoms with Crippen molar-refractivity contribution in [1.29, 1.82) is 0 Å². The molecule has 0 amide bonds. The van der Waals surface area contributed by atoms with Crippen LogP contribution in [-0.4, -0.2) is 5.16 Å². The molecule has 0 aliphatic heterocycles. The molecule has 1 heterocycles. The highest BCUT2D eigenvalue weighted by Crippen LogP contribution is 2.13. The molecule has 0 spiro atoms. The Morgan fingerprint density at radius 2 is 1.78 bits per heavy atom. The smallest absolute Gasteiger partial charge is 0.161 e. The Labute approximate surface area is 102 Å². The molecule has 18 heavy (non-hydrogen) atoms. The third-order valence-corrected chi connectivity index (χ3v) is 2.38. The van der Waals surface area contributed by atoms with E-state index in [2.05, 4.69) is 10.5 Å². The molecule has 1 aromatic heterocycles. The lowest BCUT2D eigenvalue weighted by Crippen LogP contribution is -2.13. The van der Waals surface area contributed by atoms with Crippen molar-refractivity contribution in [1.82, 2.24) is 10.5 Å². The minimum absolute atomic E-state index is 0.0603. The summed E-state index contributed by atoms with van der Waals surface area (Å²) in [7, 11) is 0. The molecule has 96 valence electrons. The summed E-state index contributed by atoms with van der Waals surface area (Å²) in [5.41, 5.74) is 0.802. The van der Waals surface area contributed by atoms with Gasteiger partial charge in [0, 0.05) is 24.2 Å². The summed E-state index contributed by atoms with van der Waals surface area (Å²) < 4.78 is 43.8. The van der Waals surface area contributed by atoms with Crippen LogP contribution in [0.4, 0.5) is 13.2 Å². The summed E-state index contributed by atoms with van der Waals surface area (Å²) in [5.74, 6) is -2.45. The molecule has 1 aromatic carbocycles. The highest BCUT2D eigenvalue weighted by atomic mass is 19.2. The van der Waals surface area contributed by atoms with Gasteiger partial charge in [0.05, 0.1) is 12.2 Å². The summed E-state index contributed by atoms with van der Waals surface area (Å²) in [6, 6.07) is 3.10. The first kappa shape index (κ1) is 12.6. The molecule has 0 aliphatic carbocycles. The summed E-state index contributed by atoms with van der Waals surface area (Å²) in [5, 5.41) is 6.54. The molecule has 0 aliphatic rings. The first-order chi connectivity index (χ1) is 8.56. The fraction of sp³-hybridized carbons (Fsp3) is 0.250. The Morgan fingerprint density at radius 3 is 2.44 bits per heavy atom. The van der Waals surface area contributed by atoms with Crippen molar-refractivity contribution in [3.63, 3.8) is 0 Å². The first-order valence-corrected chi connectivity index (χ1v) is 5.32. The van der Waals surface area contributed by atoms with Crippen LogP contribution in [0.5, 0.6) is 0 Å². The number of aromatic nitrogens is 1. The van der Waals surface area contributed by atoms with Crippen molar-refractivity contribution in [2.75, 3.05) is 0 Å². The van der Waals surface area contributed by atoms with E-state index >= 15 is 0 Å². The van der Waals surface area contributed by atoms with Gasteiger partial charge in [0.15, 0.2) is 17.4 Å². The van der Waals surface area contributed by atoms with E-state index in [9.17, 15) is 13.2 Å². The predicted octanol–water partition coefficient (Wildman–Crippen LogP) is 2.69. The molecular formula is C12H11F3N2O. The molecule has 0 saturated carbocycles. The molecule has 0 saturated heterocycles. The molecule has 2 rings (SSSR count). The number of nitrogens with zero attached hydrogens (tertiary/aromatic N) is 1. The summed E-state index contributed by atoms with van der Waals surface area (Å²) in [6.45, 7) is 2.18. The average molecular weight is 256 g/mol. The van der Waals surface area contributed by atoms with Gasteiger partial charge in [-0.3, -0.25) is 0 Å². The third-order valence-electron chi connectivity index (χ3n) is 2.38. The second-order valence-electron chi connectivity index (χ2n) is 3.90. The van der Waals surface area contributed by atoms with Gasteiger partial charge in [-0.05, 0) is 13.0 Å². The molecule has 0 radical (unpaired) electrons. The largest absolute Gasteiger partial charge is 0.360 e. The fourth-order valence-electron chi connectivity index (χ4n) is 1.52. The van der Waals surface area contributed by atoms with Gasteiger partial charge in [0.1, 0.15) is 5.82 Å². The van der Waals surface area contributed by atoms with Crippen molar-refractivity contribution in [2.45, 2.75) is 20.0 Å². The quantitative estimate of drug-likeness (QED) is 0.855. The number of hydrogen-bond donors (Lipinski definition) is 1. The van der Waals surface area contributed by atoms with Gasteiger partial charge in [0.2, 0.25) is 0 Å². The van der Waals surface area contributed by atoms with Gasteiger partial charge in [-0.1, -0.05) is 5.16 Å². The minimum Gasteiger partial charge on any atom is -0.360 e. The monoisotopic (exact) mass is 256 g/mol. The van der Waals surface area contributed by atoms with Gasteiger partial charge in [-0.25, -0.2) is 13.2 Å². The molecule has 0 bridgehead atoms. The maximum absolute atomic E-state index is 13.3. The fourth-order valence-corrected chi connectivity index (χ4v) is 1.52. The second kappa shape index (κ2) is 5.22. The SMILES string of the molecule is Cc1cc(CNCc2cc(F)c(F)cc2F)on1. The minimum atomic E-state index is -1.19. The normalized spacial score (nSPS) is 10.9. The zero-order valence-corrected chi connectivity index (χ0v) is 9.64. The average Bonchev–Trinajstić information content (AvgIpc) is 2.71. The van der Waals surface area contributed by atoms with Gasteiger partial charge < -0.3 is 9.84 Å². The van der Waals surface area contributed by atoms with Crippen LogP contribution in [0.2, 0.25) is 0 Å². The lowest BCUT2D eigenvalue weighted by molar-refractivity contribution is 0.368. The van der Waals surface area contributed by atoms with E-state index in [0.29, 0.717) is 18.4 Å². The summed E-state index contributed by atoms with van der Waals surface area (Å²) in [6.07, 6.45) is 0. The second-order valence-corrected chi connectivity index (χ2v) is 3.90. The topological polar surface area (TPSA) is 38.1 Å². The van der Waals surface area contributed by atoms with Crippen LogP contribution >= 0.6 is 0 Å². The van der Waals surface area contributed by atoms with Gasteiger partial charge in [-0.2, -0.15) is 0 Å². The summed E-state index contributed by atoms with van der Waals surface area (Å²) >= 11 is 0. The van der Waals surface area contributed by atoms with E-state index in [4.69, 9.17) is 4.52 Å². The Balaban J connectivity index is 1.96. The zero-order chi connectivity index (χ0) is 13.1. The van der Waals surface area contributed by atoms with E-state index in [1.165, 1.54) is 0 Å². The standard InChI is InChI=1S/C12H11F3N2O/c1-7-2-9(18-17-7)6-16-5-8-3-11(14)12(15)4-10(8)13/h2-4,16H,5-6H2,1H3. The summed E-state index contributed by atoms with van der Waals surface area (Å²) in [4.78, 5) is 0. The van der Waals surface area contributed by atoms with E-state index in [1.807, 2.05) is 0 Å². The van der Waals surface area contributed by atoms with Gasteiger partial charge in [0.25, 0.3) is 0 Å². The molecular weight excluding hydrogens is 245 g/mol. The van der Waals surface area contributed by atoms with Gasteiger partial charge in [-0.15, -0.1) is 0 Å². The molecule has 0 atom stereocenters. The van der Waals surface area contributed by atoms with Crippen molar-refractivity contribution >= 4 is 0 Å². The van der Waals surface area contributed by atoms with Crippen LogP contribution in [0.3, 0.4) is 0 Å². The Bertz CT molecular complexity index is 554. The highest BCUT2D eigenvalue weighted by Gasteiger charge is 2.09. The number of rotatable bonds is 4. The van der Waals surface area contributed by atoms with Crippen LogP contribution in [0.15, 0.2) is 22.7 Å². The van der Waals surface area contributed by atoms with Crippen LogP contribution in [0.1, 0.15) is 17.0 Å². The van der Waals surface area contributed by atoms with Crippen molar-refractivity contribution in [3.05, 3.63) is 52.7 Å². The number of halogens is 3. The molecule has 0 unspecified atom stereocenters. The Kier molecular flexibility index (Phi) is 3.66. The first-order valence-electron chi connectivity index (χ1n) is 5.32. The molecule has 2 aromatic rings. The number of aryl methyl sites for hydroxylation is 1. The number of hydrogen-bond acceptors (Lipinski definition) is 3. The maximum atomic E-state index is 13.3. The predicted molar refractivity (Wildman–Crippen MR) is 58.1 cm³/mol. The lowest BCUT2D eigenvalue weighted by atomic mass is 10.2. The van der Waals surface area contributed by atoms with Gasteiger partial charge >= 0.3 is 0 Å². The molecule has 6 heteroatoms. The zero-order valence-electron chi connectivity index (χ0n) is 9.64. The van der Waals surface area contributed by atoms with Crippen molar-refractivity contribution < 1.29 is 17.7 Å². The number of nitrogens with one attached hydrogen (secondary N) is 1. The maximum Gasteiger partial charge on any atom is 0.161 e. The number of benzene rings is 1. The van der Waals surface area contributed by atoms with Crippen LogP contribution in [0.25, 0.3) is 0 Å². The molecule has 0 fully saturated rings. The van der Waals surface area contributed by atoms with E-state index in [-0.39, 0.29) is 12.1 Å².